The van der Waals surface area contributed by atoms with Crippen LogP contribution in [0.15, 0.2) is 42.5 Å². The molecule has 0 aromatic heterocycles. The molecule has 0 bridgehead atoms. The van der Waals surface area contributed by atoms with Gasteiger partial charge in [-0.1, -0.05) is 23.7 Å². The van der Waals surface area contributed by atoms with Crippen molar-refractivity contribution in [2.24, 2.45) is 0 Å². The summed E-state index contributed by atoms with van der Waals surface area (Å²) in [6.45, 7) is 4.73. The summed E-state index contributed by atoms with van der Waals surface area (Å²) in [6, 6.07) is 12.3. The molecule has 8 heteroatoms. The predicted octanol–water partition coefficient (Wildman–Crippen LogP) is 2.82. The van der Waals surface area contributed by atoms with Crippen LogP contribution in [-0.2, 0) is 11.3 Å². The van der Waals surface area contributed by atoms with E-state index in [1.807, 2.05) is 19.1 Å². The summed E-state index contributed by atoms with van der Waals surface area (Å²) in [5, 5.41) is 3.64. The lowest BCUT2D eigenvalue weighted by Crippen LogP contribution is -2.54. The molecule has 1 N–H and O–H groups in total. The summed E-state index contributed by atoms with van der Waals surface area (Å²) in [4.78, 5) is 29.3. The maximum atomic E-state index is 12.9. The van der Waals surface area contributed by atoms with Gasteiger partial charge in [0.1, 0.15) is 0 Å². The first-order valence-electron chi connectivity index (χ1n) is 10.2. The number of nitrogens with one attached hydrogen (secondary N) is 1. The number of carbonyl (C=O) groups excluding carboxylic acids is 2. The highest BCUT2D eigenvalue weighted by molar-refractivity contribution is 6.30. The second-order valence-corrected chi connectivity index (χ2v) is 7.85. The number of halogens is 1. The van der Waals surface area contributed by atoms with Crippen molar-refractivity contribution < 1.29 is 19.1 Å². The Balaban J connectivity index is 1.51. The third kappa shape index (κ3) is 5.68. The molecule has 2 aromatic rings. The average molecular weight is 446 g/mol. The standard InChI is InChI=1S/C23H28ClN3O4/c1-16(22(28)25-15-17-4-7-19(24)8-5-17)26-10-12-27(13-11-26)23(29)18-6-9-20(30-2)21(14-18)31-3/h4-9,14,16H,10-13,15H2,1-3H3,(H,25,28). The molecule has 2 aromatic carbocycles. The van der Waals surface area contributed by atoms with E-state index in [2.05, 4.69) is 10.2 Å². The molecule has 1 atom stereocenters. The maximum absolute atomic E-state index is 12.9. The Labute approximate surface area is 187 Å². The van der Waals surface area contributed by atoms with Crippen molar-refractivity contribution in [3.63, 3.8) is 0 Å². The Morgan fingerprint density at radius 2 is 1.65 bits per heavy atom. The highest BCUT2D eigenvalue weighted by atomic mass is 35.5. The van der Waals surface area contributed by atoms with Gasteiger partial charge in [-0.2, -0.15) is 0 Å². The number of nitrogens with zero attached hydrogens (tertiary/aromatic N) is 2. The number of piperazine rings is 1. The molecule has 1 aliphatic rings. The van der Waals surface area contributed by atoms with E-state index in [1.165, 1.54) is 0 Å². The zero-order valence-corrected chi connectivity index (χ0v) is 18.8. The summed E-state index contributed by atoms with van der Waals surface area (Å²) in [6.07, 6.45) is 0. The van der Waals surface area contributed by atoms with Crippen LogP contribution in [0.25, 0.3) is 0 Å². The van der Waals surface area contributed by atoms with E-state index in [0.29, 0.717) is 54.8 Å². The van der Waals surface area contributed by atoms with Gasteiger partial charge in [-0.05, 0) is 42.8 Å². The molecule has 0 saturated carbocycles. The fourth-order valence-corrected chi connectivity index (χ4v) is 3.70. The van der Waals surface area contributed by atoms with E-state index in [9.17, 15) is 9.59 Å². The molecule has 1 heterocycles. The number of amides is 2. The lowest BCUT2D eigenvalue weighted by atomic mass is 10.1. The lowest BCUT2D eigenvalue weighted by molar-refractivity contribution is -0.126. The van der Waals surface area contributed by atoms with Crippen molar-refractivity contribution in [1.29, 1.82) is 0 Å². The Kier molecular flexibility index (Phi) is 7.76. The minimum absolute atomic E-state index is 0.0328. The number of hydrogen-bond donors (Lipinski definition) is 1. The van der Waals surface area contributed by atoms with Gasteiger partial charge in [-0.25, -0.2) is 0 Å². The van der Waals surface area contributed by atoms with Gasteiger partial charge in [0.05, 0.1) is 20.3 Å². The Hall–Kier alpha value is -2.77. The zero-order valence-electron chi connectivity index (χ0n) is 18.1. The Morgan fingerprint density at radius 1 is 1.00 bits per heavy atom. The van der Waals surface area contributed by atoms with Crippen molar-refractivity contribution in [1.82, 2.24) is 15.1 Å². The summed E-state index contributed by atoms with van der Waals surface area (Å²) >= 11 is 5.89. The van der Waals surface area contributed by atoms with Crippen LogP contribution in [-0.4, -0.2) is 68.1 Å². The molecule has 3 rings (SSSR count). The summed E-state index contributed by atoms with van der Waals surface area (Å²) in [7, 11) is 3.11. The van der Waals surface area contributed by atoms with Crippen molar-refractivity contribution in [3.05, 3.63) is 58.6 Å². The molecule has 0 aliphatic carbocycles. The molecule has 31 heavy (non-hydrogen) atoms. The first-order valence-corrected chi connectivity index (χ1v) is 10.6. The third-order valence-corrected chi connectivity index (χ3v) is 5.79. The fourth-order valence-electron chi connectivity index (χ4n) is 3.57. The van der Waals surface area contributed by atoms with E-state index in [-0.39, 0.29) is 17.9 Å². The maximum Gasteiger partial charge on any atom is 0.254 e. The fraction of sp³-hybridized carbons (Fsp3) is 0.391. The minimum atomic E-state index is -0.273. The van der Waals surface area contributed by atoms with Crippen molar-refractivity contribution in [2.75, 3.05) is 40.4 Å². The largest absolute Gasteiger partial charge is 0.493 e. The summed E-state index contributed by atoms with van der Waals surface area (Å²) in [5.74, 6) is 1.02. The second-order valence-electron chi connectivity index (χ2n) is 7.42. The number of carbonyl (C=O) groups is 2. The van der Waals surface area contributed by atoms with Crippen LogP contribution in [0.2, 0.25) is 5.02 Å². The Morgan fingerprint density at radius 3 is 2.26 bits per heavy atom. The number of rotatable bonds is 7. The summed E-state index contributed by atoms with van der Waals surface area (Å²) in [5.41, 5.74) is 1.55. The molecule has 0 spiro atoms. The van der Waals surface area contributed by atoms with Crippen molar-refractivity contribution in [3.8, 4) is 11.5 Å². The Bertz CT molecular complexity index is 912. The minimum Gasteiger partial charge on any atom is -0.493 e. The summed E-state index contributed by atoms with van der Waals surface area (Å²) < 4.78 is 10.5. The third-order valence-electron chi connectivity index (χ3n) is 5.54. The molecule has 0 radical (unpaired) electrons. The topological polar surface area (TPSA) is 71.1 Å². The van der Waals surface area contributed by atoms with Gasteiger partial charge < -0.3 is 19.7 Å². The van der Waals surface area contributed by atoms with Crippen LogP contribution >= 0.6 is 11.6 Å². The average Bonchev–Trinajstić information content (AvgIpc) is 2.82. The van der Waals surface area contributed by atoms with Gasteiger partial charge in [0.15, 0.2) is 11.5 Å². The highest BCUT2D eigenvalue weighted by Gasteiger charge is 2.28. The molecule has 166 valence electrons. The molecule has 1 saturated heterocycles. The lowest BCUT2D eigenvalue weighted by Gasteiger charge is -2.37. The highest BCUT2D eigenvalue weighted by Crippen LogP contribution is 2.28. The van der Waals surface area contributed by atoms with Crippen LogP contribution in [0.1, 0.15) is 22.8 Å². The molecule has 2 amide bonds. The monoisotopic (exact) mass is 445 g/mol. The predicted molar refractivity (Wildman–Crippen MR) is 120 cm³/mol. The van der Waals surface area contributed by atoms with Gasteiger partial charge in [0, 0.05) is 43.3 Å². The van der Waals surface area contributed by atoms with E-state index < -0.39 is 0 Å². The van der Waals surface area contributed by atoms with E-state index in [0.717, 1.165) is 5.56 Å². The number of hydrogen-bond acceptors (Lipinski definition) is 5. The number of benzene rings is 2. The molecule has 1 aliphatic heterocycles. The molecule has 1 fully saturated rings. The van der Waals surface area contributed by atoms with Crippen molar-refractivity contribution in [2.45, 2.75) is 19.5 Å². The van der Waals surface area contributed by atoms with Gasteiger partial charge in [-0.3, -0.25) is 14.5 Å². The first-order chi connectivity index (χ1) is 14.9. The van der Waals surface area contributed by atoms with Gasteiger partial charge in [-0.15, -0.1) is 0 Å². The second kappa shape index (κ2) is 10.5. The zero-order chi connectivity index (χ0) is 22.4. The molecular formula is C23H28ClN3O4. The quantitative estimate of drug-likeness (QED) is 0.709. The number of methoxy groups -OCH3 is 2. The van der Waals surface area contributed by atoms with Crippen LogP contribution in [0, 0.1) is 0 Å². The van der Waals surface area contributed by atoms with Gasteiger partial charge >= 0.3 is 0 Å². The smallest absolute Gasteiger partial charge is 0.254 e. The molecular weight excluding hydrogens is 418 g/mol. The normalized spacial score (nSPS) is 15.3. The van der Waals surface area contributed by atoms with Crippen molar-refractivity contribution >= 4 is 23.4 Å². The van der Waals surface area contributed by atoms with Crippen LogP contribution in [0.3, 0.4) is 0 Å². The van der Waals surface area contributed by atoms with E-state index in [1.54, 1.807) is 49.5 Å². The van der Waals surface area contributed by atoms with Gasteiger partial charge in [0.25, 0.3) is 5.91 Å². The SMILES string of the molecule is COc1ccc(C(=O)N2CCN(C(C)C(=O)NCc3ccc(Cl)cc3)CC2)cc1OC. The van der Waals surface area contributed by atoms with Crippen LogP contribution < -0.4 is 14.8 Å². The van der Waals surface area contributed by atoms with Crippen LogP contribution in [0.4, 0.5) is 0 Å². The van der Waals surface area contributed by atoms with Crippen LogP contribution in [0.5, 0.6) is 11.5 Å². The number of ether oxygens (including phenoxy) is 2. The molecule has 7 nitrogen and oxygen atoms in total. The van der Waals surface area contributed by atoms with Gasteiger partial charge in [0.2, 0.25) is 5.91 Å². The first kappa shape index (κ1) is 22.9. The van der Waals surface area contributed by atoms with E-state index >= 15 is 0 Å². The molecule has 1 unspecified atom stereocenters. The van der Waals surface area contributed by atoms with E-state index in [4.69, 9.17) is 21.1 Å².